The van der Waals surface area contributed by atoms with Crippen molar-refractivity contribution in [2.75, 3.05) is 18.4 Å². The van der Waals surface area contributed by atoms with Crippen LogP contribution in [-0.4, -0.2) is 40.8 Å². The van der Waals surface area contributed by atoms with Crippen molar-refractivity contribution >= 4 is 28.3 Å². The van der Waals surface area contributed by atoms with Crippen molar-refractivity contribution in [3.8, 4) is 0 Å². The van der Waals surface area contributed by atoms with E-state index in [9.17, 15) is 9.59 Å². The fourth-order valence-electron chi connectivity index (χ4n) is 4.22. The van der Waals surface area contributed by atoms with Gasteiger partial charge >= 0.3 is 0 Å². The first-order valence-electron chi connectivity index (χ1n) is 11.0. The maximum Gasteiger partial charge on any atom is 0.251 e. The molecule has 0 spiro atoms. The molecule has 2 atom stereocenters. The average Bonchev–Trinajstić information content (AvgIpc) is 3.45. The van der Waals surface area contributed by atoms with Crippen molar-refractivity contribution in [3.63, 3.8) is 0 Å². The van der Waals surface area contributed by atoms with Crippen LogP contribution in [0.5, 0.6) is 0 Å². The number of aromatic nitrogens is 1. The summed E-state index contributed by atoms with van der Waals surface area (Å²) in [6, 6.07) is 19.8. The molecule has 166 valence electrons. The van der Waals surface area contributed by atoms with Gasteiger partial charge in [0.15, 0.2) is 5.13 Å². The van der Waals surface area contributed by atoms with Gasteiger partial charge in [-0.15, -0.1) is 11.3 Å². The average molecular weight is 449 g/mol. The van der Waals surface area contributed by atoms with E-state index in [2.05, 4.69) is 44.8 Å². The Morgan fingerprint density at radius 2 is 1.78 bits per heavy atom. The lowest BCUT2D eigenvalue weighted by molar-refractivity contribution is -0.116. The SMILES string of the molecule is O=C(CCC[C@H]1CN(Cc2ccccc2)C[C@H]1NC(=O)c1ccccc1)Nc1nccs1. The van der Waals surface area contributed by atoms with Crippen molar-refractivity contribution in [1.29, 1.82) is 0 Å². The normalized spacial score (nSPS) is 18.4. The Morgan fingerprint density at radius 1 is 1.03 bits per heavy atom. The molecule has 2 heterocycles. The Morgan fingerprint density at radius 3 is 2.50 bits per heavy atom. The van der Waals surface area contributed by atoms with E-state index in [0.29, 0.717) is 23.0 Å². The number of carbonyl (C=O) groups excluding carboxylic acids is 2. The second-order valence-electron chi connectivity index (χ2n) is 8.16. The maximum atomic E-state index is 12.8. The van der Waals surface area contributed by atoms with Gasteiger partial charge in [0.1, 0.15) is 0 Å². The summed E-state index contributed by atoms with van der Waals surface area (Å²) in [5.41, 5.74) is 1.94. The van der Waals surface area contributed by atoms with Crippen LogP contribution in [0.4, 0.5) is 5.13 Å². The van der Waals surface area contributed by atoms with Gasteiger partial charge in [-0.25, -0.2) is 4.98 Å². The van der Waals surface area contributed by atoms with Crippen LogP contribution >= 0.6 is 11.3 Å². The van der Waals surface area contributed by atoms with Gasteiger partial charge in [0.25, 0.3) is 5.91 Å². The molecule has 4 rings (SSSR count). The largest absolute Gasteiger partial charge is 0.348 e. The predicted octanol–water partition coefficient (Wildman–Crippen LogP) is 4.18. The molecule has 0 radical (unpaired) electrons. The number of nitrogens with one attached hydrogen (secondary N) is 2. The molecule has 0 bridgehead atoms. The standard InChI is InChI=1S/C25H28N4O2S/c30-23(28-25-26-14-15-32-25)13-7-12-21-17-29(16-19-8-3-1-4-9-19)18-22(21)27-24(31)20-10-5-2-6-11-20/h1-6,8-11,14-15,21-22H,7,12-13,16-18H2,(H,27,31)(H,26,28,30)/t21-,22+/m0/s1. The summed E-state index contributed by atoms with van der Waals surface area (Å²) < 4.78 is 0. The number of thiazole rings is 1. The summed E-state index contributed by atoms with van der Waals surface area (Å²) >= 11 is 1.42. The number of nitrogens with zero attached hydrogens (tertiary/aromatic N) is 2. The maximum absolute atomic E-state index is 12.8. The van der Waals surface area contributed by atoms with Gasteiger partial charge in [-0.3, -0.25) is 14.5 Å². The fourth-order valence-corrected chi connectivity index (χ4v) is 4.77. The van der Waals surface area contributed by atoms with Crippen LogP contribution in [0.15, 0.2) is 72.2 Å². The van der Waals surface area contributed by atoms with Crippen LogP contribution in [0.2, 0.25) is 0 Å². The van der Waals surface area contributed by atoms with Crippen LogP contribution in [0.1, 0.15) is 35.2 Å². The van der Waals surface area contributed by atoms with E-state index in [4.69, 9.17) is 0 Å². The molecule has 0 aliphatic carbocycles. The monoisotopic (exact) mass is 448 g/mol. The number of likely N-dealkylation sites (tertiary alicyclic amines) is 1. The van der Waals surface area contributed by atoms with E-state index in [0.717, 1.165) is 32.5 Å². The third-order valence-corrected chi connectivity index (χ3v) is 6.46. The second-order valence-corrected chi connectivity index (χ2v) is 9.06. The van der Waals surface area contributed by atoms with E-state index in [1.807, 2.05) is 41.8 Å². The number of anilines is 1. The van der Waals surface area contributed by atoms with Crippen LogP contribution in [0.3, 0.4) is 0 Å². The number of hydrogen-bond acceptors (Lipinski definition) is 5. The molecule has 1 aliphatic rings. The Labute approximate surface area is 192 Å². The molecule has 2 N–H and O–H groups in total. The minimum absolute atomic E-state index is 0.0102. The summed E-state index contributed by atoms with van der Waals surface area (Å²) in [6.07, 6.45) is 3.79. The lowest BCUT2D eigenvalue weighted by Gasteiger charge is -2.20. The zero-order valence-corrected chi connectivity index (χ0v) is 18.8. The van der Waals surface area contributed by atoms with Gasteiger partial charge in [0.05, 0.1) is 0 Å². The van der Waals surface area contributed by atoms with Crippen LogP contribution < -0.4 is 10.6 Å². The number of amides is 2. The highest BCUT2D eigenvalue weighted by Gasteiger charge is 2.33. The van der Waals surface area contributed by atoms with E-state index in [1.165, 1.54) is 16.9 Å². The van der Waals surface area contributed by atoms with Crippen molar-refractivity contribution in [1.82, 2.24) is 15.2 Å². The Bertz CT molecular complexity index is 995. The molecule has 1 aromatic heterocycles. The van der Waals surface area contributed by atoms with Gasteiger partial charge in [-0.1, -0.05) is 48.5 Å². The van der Waals surface area contributed by atoms with E-state index in [-0.39, 0.29) is 17.9 Å². The number of carbonyl (C=O) groups is 2. The molecule has 1 saturated heterocycles. The summed E-state index contributed by atoms with van der Waals surface area (Å²) in [5, 5.41) is 8.57. The predicted molar refractivity (Wildman–Crippen MR) is 127 cm³/mol. The molecule has 1 fully saturated rings. The van der Waals surface area contributed by atoms with Gasteiger partial charge in [-0.2, -0.15) is 0 Å². The lowest BCUT2D eigenvalue weighted by Crippen LogP contribution is -2.40. The van der Waals surface area contributed by atoms with E-state index in [1.54, 1.807) is 6.20 Å². The first kappa shape index (κ1) is 22.2. The van der Waals surface area contributed by atoms with Gasteiger partial charge in [0, 0.05) is 49.2 Å². The number of benzene rings is 2. The molecule has 6 nitrogen and oxygen atoms in total. The topological polar surface area (TPSA) is 74.3 Å². The van der Waals surface area contributed by atoms with Crippen LogP contribution in [0.25, 0.3) is 0 Å². The first-order chi connectivity index (χ1) is 15.7. The zero-order valence-electron chi connectivity index (χ0n) is 17.9. The Hall–Kier alpha value is -3.03. The molecule has 0 unspecified atom stereocenters. The molecule has 1 aliphatic heterocycles. The molecular weight excluding hydrogens is 420 g/mol. The quantitative estimate of drug-likeness (QED) is 0.515. The van der Waals surface area contributed by atoms with Crippen LogP contribution in [-0.2, 0) is 11.3 Å². The third-order valence-electron chi connectivity index (χ3n) is 5.78. The number of rotatable bonds is 9. The van der Waals surface area contributed by atoms with Crippen molar-refractivity contribution in [3.05, 3.63) is 83.4 Å². The third kappa shape index (κ3) is 6.24. The van der Waals surface area contributed by atoms with E-state index >= 15 is 0 Å². The molecule has 0 saturated carbocycles. The first-order valence-corrected chi connectivity index (χ1v) is 11.9. The summed E-state index contributed by atoms with van der Waals surface area (Å²) in [5.74, 6) is 0.256. The fraction of sp³-hybridized carbons (Fsp3) is 0.320. The second kappa shape index (κ2) is 11.0. The molecular formula is C25H28N4O2S. The minimum atomic E-state index is -0.0383. The summed E-state index contributed by atoms with van der Waals surface area (Å²) in [7, 11) is 0. The Kier molecular flexibility index (Phi) is 7.64. The van der Waals surface area contributed by atoms with Crippen molar-refractivity contribution in [2.45, 2.75) is 31.8 Å². The molecule has 3 aromatic rings. The smallest absolute Gasteiger partial charge is 0.251 e. The lowest BCUT2D eigenvalue weighted by atomic mass is 9.96. The highest BCUT2D eigenvalue weighted by Crippen LogP contribution is 2.25. The molecule has 32 heavy (non-hydrogen) atoms. The Balaban J connectivity index is 1.34. The molecule has 2 amide bonds. The van der Waals surface area contributed by atoms with E-state index < -0.39 is 0 Å². The van der Waals surface area contributed by atoms with Gasteiger partial charge in [-0.05, 0) is 36.5 Å². The zero-order chi connectivity index (χ0) is 22.2. The van der Waals surface area contributed by atoms with Crippen LogP contribution in [0, 0.1) is 5.92 Å². The minimum Gasteiger partial charge on any atom is -0.348 e. The highest BCUT2D eigenvalue weighted by molar-refractivity contribution is 7.13. The molecule has 2 aromatic carbocycles. The number of hydrogen-bond donors (Lipinski definition) is 2. The van der Waals surface area contributed by atoms with Crippen molar-refractivity contribution in [2.24, 2.45) is 5.92 Å². The highest BCUT2D eigenvalue weighted by atomic mass is 32.1. The van der Waals surface area contributed by atoms with Gasteiger partial charge < -0.3 is 10.6 Å². The summed E-state index contributed by atoms with van der Waals surface area (Å²) in [6.45, 7) is 2.58. The summed E-state index contributed by atoms with van der Waals surface area (Å²) in [4.78, 5) is 31.5. The van der Waals surface area contributed by atoms with Crippen molar-refractivity contribution < 1.29 is 9.59 Å². The van der Waals surface area contributed by atoms with Gasteiger partial charge in [0.2, 0.25) is 5.91 Å². The molecule has 7 heteroatoms.